The van der Waals surface area contributed by atoms with Crippen LogP contribution in [0.3, 0.4) is 0 Å². The molecule has 1 unspecified atom stereocenters. The smallest absolute Gasteiger partial charge is 0.425 e. The Morgan fingerprint density at radius 2 is 1.60 bits per heavy atom. The summed E-state index contributed by atoms with van der Waals surface area (Å²) in [5.74, 6) is 0.791. The van der Waals surface area contributed by atoms with E-state index in [0.29, 0.717) is 16.2 Å². The normalized spacial score (nSPS) is 20.6. The third-order valence-corrected chi connectivity index (χ3v) is 9.40. The van der Waals surface area contributed by atoms with E-state index in [9.17, 15) is 24.0 Å². The maximum atomic E-state index is 13.7. The van der Waals surface area contributed by atoms with Gasteiger partial charge in [-0.2, -0.15) is 4.90 Å². The molecule has 2 amide bonds. The van der Waals surface area contributed by atoms with Gasteiger partial charge in [-0.1, -0.05) is 54.9 Å². The van der Waals surface area contributed by atoms with Crippen molar-refractivity contribution in [2.45, 2.75) is 123 Å². The number of ether oxygens (including phenoxy) is 6. The summed E-state index contributed by atoms with van der Waals surface area (Å²) in [4.78, 5) is 81.5. The maximum Gasteiger partial charge on any atom is 0.425 e. The van der Waals surface area contributed by atoms with Gasteiger partial charge in [0, 0.05) is 13.3 Å². The van der Waals surface area contributed by atoms with Gasteiger partial charge < -0.3 is 28.4 Å². The Morgan fingerprint density at radius 1 is 0.982 bits per heavy atom. The van der Waals surface area contributed by atoms with Crippen LogP contribution in [0, 0.1) is 17.8 Å². The molecule has 1 fully saturated rings. The Balaban J connectivity index is 1.88. The Morgan fingerprint density at radius 3 is 2.11 bits per heavy atom. The third kappa shape index (κ3) is 10.1. The molecule has 1 saturated heterocycles. The van der Waals surface area contributed by atoms with Crippen molar-refractivity contribution in [1.29, 1.82) is 0 Å². The van der Waals surface area contributed by atoms with E-state index >= 15 is 0 Å². The minimum absolute atomic E-state index is 0.0141. The second-order valence-corrected chi connectivity index (χ2v) is 16.7. The van der Waals surface area contributed by atoms with Crippen molar-refractivity contribution in [3.8, 4) is 12.3 Å². The number of terminal acetylenes is 1. The molecule has 3 aromatic rings. The van der Waals surface area contributed by atoms with Crippen LogP contribution in [0.25, 0.3) is 11.2 Å². The zero-order valence-electron chi connectivity index (χ0n) is 34.2. The molecule has 57 heavy (non-hydrogen) atoms. The van der Waals surface area contributed by atoms with Crippen LogP contribution < -0.4 is 4.90 Å². The number of amides is 2. The molecular formula is C40H51N5O11S. The van der Waals surface area contributed by atoms with Crippen molar-refractivity contribution in [3.05, 3.63) is 42.2 Å². The maximum absolute atomic E-state index is 13.7. The summed E-state index contributed by atoms with van der Waals surface area (Å²) in [5, 5.41) is 0.155. The molecule has 2 aromatic heterocycles. The van der Waals surface area contributed by atoms with Crippen molar-refractivity contribution in [1.82, 2.24) is 19.5 Å². The summed E-state index contributed by atoms with van der Waals surface area (Å²) in [7, 11) is 0. The number of imidazole rings is 1. The van der Waals surface area contributed by atoms with Crippen LogP contribution in [0.1, 0.15) is 88.0 Å². The van der Waals surface area contributed by atoms with E-state index in [-0.39, 0.29) is 35.2 Å². The number of carbonyl (C=O) groups excluding carboxylic acids is 5. The second-order valence-electron chi connectivity index (χ2n) is 15.4. The van der Waals surface area contributed by atoms with Gasteiger partial charge in [0.05, 0.1) is 25.0 Å². The van der Waals surface area contributed by atoms with Gasteiger partial charge in [0.15, 0.2) is 40.3 Å². The fourth-order valence-electron chi connectivity index (χ4n) is 6.00. The average Bonchev–Trinajstić information content (AvgIpc) is 3.64. The molecule has 16 nitrogen and oxygen atoms in total. The van der Waals surface area contributed by atoms with Crippen LogP contribution in [0.2, 0.25) is 0 Å². The van der Waals surface area contributed by atoms with E-state index in [4.69, 9.17) is 39.8 Å². The molecular weight excluding hydrogens is 759 g/mol. The lowest BCUT2D eigenvalue weighted by molar-refractivity contribution is -0.182. The van der Waals surface area contributed by atoms with Gasteiger partial charge >= 0.3 is 24.1 Å². The lowest BCUT2D eigenvalue weighted by atomic mass is 9.81. The molecule has 4 rings (SSSR count). The van der Waals surface area contributed by atoms with Crippen molar-refractivity contribution in [2.75, 3.05) is 23.9 Å². The molecule has 308 valence electrons. The highest BCUT2D eigenvalue weighted by atomic mass is 32.2. The highest BCUT2D eigenvalue weighted by Crippen LogP contribution is 2.47. The Kier molecular flexibility index (Phi) is 13.8. The number of hydrogen-bond donors (Lipinski definition) is 0. The number of esters is 2. The van der Waals surface area contributed by atoms with E-state index < -0.39 is 77.2 Å². The van der Waals surface area contributed by atoms with E-state index in [1.54, 1.807) is 85.7 Å². The monoisotopic (exact) mass is 809 g/mol. The topological polar surface area (TPSA) is 188 Å². The van der Waals surface area contributed by atoms with E-state index in [1.165, 1.54) is 36.5 Å². The van der Waals surface area contributed by atoms with Crippen LogP contribution >= 0.6 is 11.8 Å². The Labute approximate surface area is 336 Å². The first-order valence-electron chi connectivity index (χ1n) is 18.4. The highest BCUT2D eigenvalue weighted by molar-refractivity contribution is 7.99. The molecule has 0 radical (unpaired) electrons. The third-order valence-electron chi connectivity index (χ3n) is 8.67. The van der Waals surface area contributed by atoms with Crippen LogP contribution in [-0.2, 0) is 49.2 Å². The summed E-state index contributed by atoms with van der Waals surface area (Å²) < 4.78 is 36.7. The summed E-state index contributed by atoms with van der Waals surface area (Å²) in [5.41, 5.74) is -4.85. The molecule has 0 N–H and O–H groups in total. The van der Waals surface area contributed by atoms with Crippen LogP contribution in [0.5, 0.6) is 0 Å². The number of hydrogen-bond acceptors (Lipinski definition) is 15. The highest BCUT2D eigenvalue weighted by Gasteiger charge is 2.58. The van der Waals surface area contributed by atoms with Gasteiger partial charge in [-0.15, -0.1) is 6.42 Å². The number of imide groups is 1. The quantitative estimate of drug-likeness (QED) is 0.0472. The first kappa shape index (κ1) is 44.7. The largest absolute Gasteiger partial charge is 0.463 e. The molecule has 3 heterocycles. The van der Waals surface area contributed by atoms with Gasteiger partial charge in [0.25, 0.3) is 0 Å². The lowest BCUT2D eigenvalue weighted by Crippen LogP contribution is -2.53. The van der Waals surface area contributed by atoms with Crippen molar-refractivity contribution in [2.24, 2.45) is 5.41 Å². The first-order chi connectivity index (χ1) is 26.6. The van der Waals surface area contributed by atoms with E-state index in [2.05, 4.69) is 15.9 Å². The van der Waals surface area contributed by atoms with Crippen LogP contribution in [0.4, 0.5) is 15.4 Å². The lowest BCUT2D eigenvalue weighted by Gasteiger charge is -2.33. The number of Topliss-reactive ketones (excluding diaryl/α,β-unsaturated/α-hetero) is 1. The summed E-state index contributed by atoms with van der Waals surface area (Å²) in [6, 6.07) is 8.84. The number of fused-ring (bicyclic) bond motifs is 1. The molecule has 1 aliphatic heterocycles. The van der Waals surface area contributed by atoms with Gasteiger partial charge in [-0.25, -0.2) is 29.3 Å². The molecule has 0 aliphatic carbocycles. The van der Waals surface area contributed by atoms with Crippen molar-refractivity contribution < 1.29 is 52.4 Å². The number of rotatable bonds is 13. The number of benzene rings is 1. The summed E-state index contributed by atoms with van der Waals surface area (Å²) in [6.45, 7) is 17.0. The number of anilines is 1. The van der Waals surface area contributed by atoms with Gasteiger partial charge in [0.2, 0.25) is 5.60 Å². The molecule has 0 bridgehead atoms. The number of aromatic nitrogens is 4. The Bertz CT molecular complexity index is 1990. The average molecular weight is 810 g/mol. The van der Waals surface area contributed by atoms with Crippen LogP contribution in [0.15, 0.2) is 41.8 Å². The fraction of sp³-hybridized carbons (Fsp3) is 0.550. The van der Waals surface area contributed by atoms with Crippen molar-refractivity contribution >= 4 is 58.7 Å². The second kappa shape index (κ2) is 17.6. The number of ketones is 1. The molecule has 5 atom stereocenters. The van der Waals surface area contributed by atoms with Gasteiger partial charge in [0.1, 0.15) is 17.3 Å². The Hall–Kier alpha value is -5.05. The first-order valence-corrected chi connectivity index (χ1v) is 19.4. The van der Waals surface area contributed by atoms with E-state index in [1.807, 2.05) is 6.92 Å². The van der Waals surface area contributed by atoms with Gasteiger partial charge in [-0.05, 0) is 73.6 Å². The molecule has 0 spiro atoms. The molecule has 0 saturated carbocycles. The van der Waals surface area contributed by atoms with Crippen LogP contribution in [-0.4, -0.2) is 97.4 Å². The summed E-state index contributed by atoms with van der Waals surface area (Å²) >= 11 is 1.21. The number of carbonyl (C=O) groups is 5. The van der Waals surface area contributed by atoms with E-state index in [0.717, 1.165) is 0 Å². The minimum atomic E-state index is -2.08. The summed E-state index contributed by atoms with van der Waals surface area (Å²) in [6.07, 6.45) is 1.64. The standard InChI is InChI=1S/C40H51N5O11S/c1-13-39(12)27(22-52-40(24(4)46,33(48)51-14-2)21-26-19-17-16-18-20-26)54-32(29(39)53-25(5)47)44-23-41-28-30(44)42-34(57-15-3)43-31(28)45(35(49)55-37(6,7)8)36(50)56-38(9,10)11/h1,16-20,23,27,29,32H,14-15,21-22H2,2-12H3/t27-,29+,32-,39+,40?/m1/s1. The molecule has 17 heteroatoms. The minimum Gasteiger partial charge on any atom is -0.463 e. The fourth-order valence-corrected chi connectivity index (χ4v) is 6.56. The zero-order valence-corrected chi connectivity index (χ0v) is 35.1. The molecule has 1 aromatic carbocycles. The van der Waals surface area contributed by atoms with Gasteiger partial charge in [-0.3, -0.25) is 14.2 Å². The van der Waals surface area contributed by atoms with Crippen molar-refractivity contribution in [3.63, 3.8) is 0 Å². The predicted molar refractivity (Wildman–Crippen MR) is 209 cm³/mol. The molecule has 1 aliphatic rings. The zero-order chi connectivity index (χ0) is 42.5. The number of thioether (sulfide) groups is 1. The predicted octanol–water partition coefficient (Wildman–Crippen LogP) is 6.23. The SMILES string of the molecule is C#C[C@@]1(C)[C@@H](COC(Cc2ccccc2)(C(C)=O)C(=O)OCC)O[C@@H](n2cnc3c(N(C(=O)OC(C)(C)C)C(=O)OC(C)(C)C)nc(SCC)nc32)[C@@H]1OC(C)=O. The number of nitrogens with zero attached hydrogens (tertiary/aromatic N) is 5.